The second kappa shape index (κ2) is 8.92. The molecule has 42 heavy (non-hydrogen) atoms. The zero-order chi connectivity index (χ0) is 27.6. The van der Waals surface area contributed by atoms with E-state index in [0.29, 0.717) is 0 Å². The second-order valence-electron chi connectivity index (χ2n) is 10.9. The number of pyridine rings is 1. The maximum Gasteiger partial charge on any atom is 0.0970 e. The molecule has 196 valence electrons. The number of aromatic nitrogens is 3. The van der Waals surface area contributed by atoms with Crippen LogP contribution in [0.2, 0.25) is 0 Å². The van der Waals surface area contributed by atoms with E-state index in [1.165, 1.54) is 32.6 Å². The van der Waals surface area contributed by atoms with Gasteiger partial charge in [0.1, 0.15) is 0 Å². The van der Waals surface area contributed by atoms with E-state index in [9.17, 15) is 0 Å². The molecule has 0 unspecified atom stereocenters. The maximum absolute atomic E-state index is 5.29. The average Bonchev–Trinajstić information content (AvgIpc) is 3.57. The molecule has 3 heteroatoms. The second-order valence-corrected chi connectivity index (χ2v) is 10.9. The van der Waals surface area contributed by atoms with Gasteiger partial charge >= 0.3 is 0 Å². The van der Waals surface area contributed by atoms with Crippen LogP contribution in [0.5, 0.6) is 0 Å². The van der Waals surface area contributed by atoms with Crippen LogP contribution in [0.4, 0.5) is 0 Å². The number of para-hydroxylation sites is 3. The molecule has 0 spiro atoms. The monoisotopic (exact) mass is 535 g/mol. The SMILES string of the molecule is c1ccc(-n2c3ccccc3c3nc(-c4ccc5c6ccccc6n(-c6ccc7ccccc7c6)c5c4)ccc32)cc1. The average molecular weight is 536 g/mol. The minimum absolute atomic E-state index is 0.968. The van der Waals surface area contributed by atoms with Crippen molar-refractivity contribution in [1.29, 1.82) is 0 Å². The molecule has 6 aromatic carbocycles. The lowest BCUT2D eigenvalue weighted by atomic mass is 10.1. The van der Waals surface area contributed by atoms with Crippen LogP contribution in [-0.4, -0.2) is 14.1 Å². The summed E-state index contributed by atoms with van der Waals surface area (Å²) >= 11 is 0. The third-order valence-corrected chi connectivity index (χ3v) is 8.49. The normalized spacial score (nSPS) is 11.8. The van der Waals surface area contributed by atoms with Gasteiger partial charge in [0.15, 0.2) is 0 Å². The molecular formula is C39H25N3. The molecule has 3 aromatic heterocycles. The van der Waals surface area contributed by atoms with E-state index in [-0.39, 0.29) is 0 Å². The number of rotatable bonds is 3. The highest BCUT2D eigenvalue weighted by molar-refractivity contribution is 6.11. The third kappa shape index (κ3) is 3.37. The Labute approximate surface area is 242 Å². The molecule has 0 aliphatic heterocycles. The molecule has 0 radical (unpaired) electrons. The minimum atomic E-state index is 0.968. The largest absolute Gasteiger partial charge is 0.309 e. The van der Waals surface area contributed by atoms with Gasteiger partial charge in [-0.3, -0.25) is 0 Å². The van der Waals surface area contributed by atoms with Gasteiger partial charge in [-0.05, 0) is 65.4 Å². The van der Waals surface area contributed by atoms with Crippen LogP contribution >= 0.6 is 0 Å². The highest BCUT2D eigenvalue weighted by Crippen LogP contribution is 2.37. The Hall–Kier alpha value is -5.67. The van der Waals surface area contributed by atoms with Crippen molar-refractivity contribution in [3.05, 3.63) is 152 Å². The summed E-state index contributed by atoms with van der Waals surface area (Å²) < 4.78 is 4.70. The lowest BCUT2D eigenvalue weighted by molar-refractivity contribution is 1.17. The number of benzene rings is 6. The molecule has 3 heterocycles. The first-order valence-corrected chi connectivity index (χ1v) is 14.3. The molecule has 0 saturated carbocycles. The third-order valence-electron chi connectivity index (χ3n) is 8.49. The molecule has 0 atom stereocenters. The maximum atomic E-state index is 5.29. The lowest BCUT2D eigenvalue weighted by Crippen LogP contribution is -1.95. The van der Waals surface area contributed by atoms with Crippen LogP contribution in [0.15, 0.2) is 152 Å². The van der Waals surface area contributed by atoms with E-state index in [4.69, 9.17) is 4.98 Å². The van der Waals surface area contributed by atoms with Gasteiger partial charge in [-0.2, -0.15) is 0 Å². The number of hydrogen-bond acceptors (Lipinski definition) is 1. The molecule has 3 nitrogen and oxygen atoms in total. The molecule has 0 fully saturated rings. The Morgan fingerprint density at radius 1 is 0.381 bits per heavy atom. The van der Waals surface area contributed by atoms with Crippen LogP contribution in [0.25, 0.3) is 77.1 Å². The van der Waals surface area contributed by atoms with E-state index in [2.05, 4.69) is 161 Å². The summed E-state index contributed by atoms with van der Waals surface area (Å²) in [5.41, 5.74) is 10.0. The van der Waals surface area contributed by atoms with Crippen molar-refractivity contribution in [1.82, 2.24) is 14.1 Å². The van der Waals surface area contributed by atoms with Crippen LogP contribution in [0, 0.1) is 0 Å². The van der Waals surface area contributed by atoms with Gasteiger partial charge in [0.25, 0.3) is 0 Å². The standard InChI is InChI=1S/C39H25N3/c1-2-12-29(13-3-1)41-36-17-9-7-15-33(36)39-37(41)23-22-34(40-39)28-19-21-32-31-14-6-8-16-35(31)42(38(32)25-28)30-20-18-26-10-4-5-11-27(26)24-30/h1-25H. The molecule has 0 N–H and O–H groups in total. The smallest absolute Gasteiger partial charge is 0.0970 e. The van der Waals surface area contributed by atoms with Gasteiger partial charge in [-0.1, -0.05) is 97.1 Å². The molecule has 0 amide bonds. The van der Waals surface area contributed by atoms with Crippen LogP contribution < -0.4 is 0 Å². The van der Waals surface area contributed by atoms with Crippen LogP contribution in [-0.2, 0) is 0 Å². The molecule has 0 aliphatic rings. The van der Waals surface area contributed by atoms with Gasteiger partial charge in [-0.15, -0.1) is 0 Å². The quantitative estimate of drug-likeness (QED) is 0.221. The minimum Gasteiger partial charge on any atom is -0.309 e. The Morgan fingerprint density at radius 2 is 1.05 bits per heavy atom. The number of hydrogen-bond donors (Lipinski definition) is 0. The van der Waals surface area contributed by atoms with E-state index in [0.717, 1.165) is 44.6 Å². The van der Waals surface area contributed by atoms with Gasteiger partial charge in [0, 0.05) is 33.1 Å². The molecule has 9 rings (SSSR count). The van der Waals surface area contributed by atoms with Gasteiger partial charge in [0.2, 0.25) is 0 Å². The predicted octanol–water partition coefficient (Wildman–Crippen LogP) is 10.1. The van der Waals surface area contributed by atoms with Gasteiger partial charge in [-0.25, -0.2) is 4.98 Å². The topological polar surface area (TPSA) is 22.8 Å². The summed E-state index contributed by atoms with van der Waals surface area (Å²) in [4.78, 5) is 5.29. The van der Waals surface area contributed by atoms with Crippen molar-refractivity contribution in [2.45, 2.75) is 0 Å². The number of nitrogens with zero attached hydrogens (tertiary/aromatic N) is 3. The lowest BCUT2D eigenvalue weighted by Gasteiger charge is -2.10. The van der Waals surface area contributed by atoms with Crippen LogP contribution in [0.1, 0.15) is 0 Å². The fourth-order valence-electron chi connectivity index (χ4n) is 6.57. The molecule has 0 bridgehead atoms. The van der Waals surface area contributed by atoms with Crippen molar-refractivity contribution < 1.29 is 0 Å². The first-order chi connectivity index (χ1) is 20.8. The summed E-state index contributed by atoms with van der Waals surface area (Å²) in [6.07, 6.45) is 0. The zero-order valence-corrected chi connectivity index (χ0v) is 22.8. The summed E-state index contributed by atoms with van der Waals surface area (Å²) in [5, 5.41) is 6.13. The van der Waals surface area contributed by atoms with Gasteiger partial charge in [0.05, 0.1) is 33.3 Å². The predicted molar refractivity (Wildman–Crippen MR) is 176 cm³/mol. The molecular weight excluding hydrogens is 510 g/mol. The zero-order valence-electron chi connectivity index (χ0n) is 22.8. The highest BCUT2D eigenvalue weighted by Gasteiger charge is 2.16. The molecule has 0 aliphatic carbocycles. The Morgan fingerprint density at radius 3 is 1.90 bits per heavy atom. The van der Waals surface area contributed by atoms with Crippen molar-refractivity contribution in [2.75, 3.05) is 0 Å². The Kier molecular flexibility index (Phi) is 4.90. The fraction of sp³-hybridized carbons (Fsp3) is 0. The fourth-order valence-corrected chi connectivity index (χ4v) is 6.57. The van der Waals surface area contributed by atoms with Crippen molar-refractivity contribution in [3.8, 4) is 22.6 Å². The Bertz CT molecular complexity index is 2460. The highest BCUT2D eigenvalue weighted by atomic mass is 15.0. The first kappa shape index (κ1) is 23.1. The summed E-state index contributed by atoms with van der Waals surface area (Å²) in [6, 6.07) is 54.2. The number of fused-ring (bicyclic) bond motifs is 7. The van der Waals surface area contributed by atoms with Crippen molar-refractivity contribution >= 4 is 54.5 Å². The molecule has 0 saturated heterocycles. The first-order valence-electron chi connectivity index (χ1n) is 14.3. The van der Waals surface area contributed by atoms with E-state index >= 15 is 0 Å². The van der Waals surface area contributed by atoms with E-state index in [1.54, 1.807) is 0 Å². The summed E-state index contributed by atoms with van der Waals surface area (Å²) in [6.45, 7) is 0. The molecule has 9 aromatic rings. The van der Waals surface area contributed by atoms with Gasteiger partial charge < -0.3 is 9.13 Å². The van der Waals surface area contributed by atoms with Crippen molar-refractivity contribution in [2.24, 2.45) is 0 Å². The van der Waals surface area contributed by atoms with Crippen LogP contribution in [0.3, 0.4) is 0 Å². The summed E-state index contributed by atoms with van der Waals surface area (Å²) in [7, 11) is 0. The van der Waals surface area contributed by atoms with Crippen molar-refractivity contribution in [3.63, 3.8) is 0 Å². The van der Waals surface area contributed by atoms with E-state index < -0.39 is 0 Å². The summed E-state index contributed by atoms with van der Waals surface area (Å²) in [5.74, 6) is 0. The Balaban J connectivity index is 1.28. The van der Waals surface area contributed by atoms with E-state index in [1.807, 2.05) is 0 Å².